The molecule has 0 saturated heterocycles. The molecular formula is C15H13N3O2S2. The standard InChI is InChI=1S/C15H13N3O2S2/c1-20-10-5-6-11-12(8-10)22-15(17-11)18-13(19)9-21-14-4-2-3-7-16-14/h2-8H,9H2,1H3,(H,17,18,19). The largest absolute Gasteiger partial charge is 0.497 e. The van der Waals surface area contributed by atoms with Crippen molar-refractivity contribution in [3.05, 3.63) is 42.6 Å². The van der Waals surface area contributed by atoms with Gasteiger partial charge >= 0.3 is 0 Å². The van der Waals surface area contributed by atoms with E-state index in [2.05, 4.69) is 15.3 Å². The van der Waals surface area contributed by atoms with Crippen LogP contribution in [0.4, 0.5) is 5.13 Å². The van der Waals surface area contributed by atoms with Crippen LogP contribution >= 0.6 is 23.1 Å². The fourth-order valence-electron chi connectivity index (χ4n) is 1.81. The number of aromatic nitrogens is 2. The van der Waals surface area contributed by atoms with Gasteiger partial charge in [0.15, 0.2) is 5.13 Å². The van der Waals surface area contributed by atoms with Crippen molar-refractivity contribution in [2.75, 3.05) is 18.2 Å². The zero-order valence-corrected chi connectivity index (χ0v) is 13.4. The molecule has 0 aliphatic rings. The van der Waals surface area contributed by atoms with Crippen LogP contribution in [0, 0.1) is 0 Å². The molecule has 3 rings (SSSR count). The molecule has 0 aliphatic carbocycles. The number of carbonyl (C=O) groups excluding carboxylic acids is 1. The smallest absolute Gasteiger partial charge is 0.236 e. The van der Waals surface area contributed by atoms with Gasteiger partial charge in [-0.1, -0.05) is 29.2 Å². The zero-order chi connectivity index (χ0) is 15.4. The van der Waals surface area contributed by atoms with Crippen LogP contribution in [0.3, 0.4) is 0 Å². The number of carbonyl (C=O) groups is 1. The number of ether oxygens (including phenoxy) is 1. The van der Waals surface area contributed by atoms with E-state index in [1.807, 2.05) is 36.4 Å². The minimum absolute atomic E-state index is 0.0957. The molecular weight excluding hydrogens is 318 g/mol. The first-order chi connectivity index (χ1) is 10.7. The van der Waals surface area contributed by atoms with Gasteiger partial charge in [0, 0.05) is 6.20 Å². The van der Waals surface area contributed by atoms with Crippen molar-refractivity contribution < 1.29 is 9.53 Å². The lowest BCUT2D eigenvalue weighted by molar-refractivity contribution is -0.113. The molecule has 1 amide bonds. The van der Waals surface area contributed by atoms with Crippen LogP contribution in [0.2, 0.25) is 0 Å². The molecule has 1 N–H and O–H groups in total. The van der Waals surface area contributed by atoms with Crippen LogP contribution in [0.25, 0.3) is 10.2 Å². The fraction of sp³-hybridized carbons (Fsp3) is 0.133. The van der Waals surface area contributed by atoms with Crippen molar-refractivity contribution >= 4 is 44.4 Å². The SMILES string of the molecule is COc1ccc2nc(NC(=O)CSc3ccccn3)sc2c1. The molecule has 1 aromatic carbocycles. The van der Waals surface area contributed by atoms with E-state index in [0.29, 0.717) is 10.9 Å². The third kappa shape index (κ3) is 3.55. The highest BCUT2D eigenvalue weighted by molar-refractivity contribution is 7.99. The van der Waals surface area contributed by atoms with E-state index in [1.54, 1.807) is 13.3 Å². The van der Waals surface area contributed by atoms with E-state index in [-0.39, 0.29) is 5.91 Å². The Morgan fingerprint density at radius 2 is 2.27 bits per heavy atom. The molecule has 0 atom stereocenters. The van der Waals surface area contributed by atoms with E-state index in [1.165, 1.54) is 23.1 Å². The Morgan fingerprint density at radius 3 is 3.05 bits per heavy atom. The van der Waals surface area contributed by atoms with E-state index >= 15 is 0 Å². The Kier molecular flexibility index (Phi) is 4.55. The number of amides is 1. The minimum Gasteiger partial charge on any atom is -0.497 e. The normalized spacial score (nSPS) is 10.6. The molecule has 0 radical (unpaired) electrons. The number of nitrogens with one attached hydrogen (secondary N) is 1. The van der Waals surface area contributed by atoms with Crippen molar-refractivity contribution in [1.29, 1.82) is 0 Å². The number of anilines is 1. The molecule has 2 aromatic heterocycles. The Bertz CT molecular complexity index is 790. The third-order valence-electron chi connectivity index (χ3n) is 2.83. The van der Waals surface area contributed by atoms with Gasteiger partial charge in [-0.15, -0.1) is 0 Å². The lowest BCUT2D eigenvalue weighted by Gasteiger charge is -2.00. The predicted octanol–water partition coefficient (Wildman–Crippen LogP) is 3.43. The predicted molar refractivity (Wildman–Crippen MR) is 89.8 cm³/mol. The van der Waals surface area contributed by atoms with Crippen LogP contribution in [-0.2, 0) is 4.79 Å². The maximum atomic E-state index is 12.0. The first-order valence-electron chi connectivity index (χ1n) is 6.53. The van der Waals surface area contributed by atoms with Gasteiger partial charge in [0.2, 0.25) is 5.91 Å². The van der Waals surface area contributed by atoms with Crippen molar-refractivity contribution in [1.82, 2.24) is 9.97 Å². The number of fused-ring (bicyclic) bond motifs is 1. The molecule has 22 heavy (non-hydrogen) atoms. The molecule has 5 nitrogen and oxygen atoms in total. The van der Waals surface area contributed by atoms with Crippen LogP contribution < -0.4 is 10.1 Å². The van der Waals surface area contributed by atoms with Gasteiger partial charge in [-0.2, -0.15) is 0 Å². The summed E-state index contributed by atoms with van der Waals surface area (Å²) in [7, 11) is 1.62. The second kappa shape index (κ2) is 6.76. The topological polar surface area (TPSA) is 64.1 Å². The summed E-state index contributed by atoms with van der Waals surface area (Å²) in [6.45, 7) is 0. The fourth-order valence-corrected chi connectivity index (χ4v) is 3.38. The van der Waals surface area contributed by atoms with Crippen LogP contribution in [0.5, 0.6) is 5.75 Å². The maximum absolute atomic E-state index is 12.0. The first-order valence-corrected chi connectivity index (χ1v) is 8.33. The molecule has 7 heteroatoms. The average Bonchev–Trinajstić information content (AvgIpc) is 2.95. The number of hydrogen-bond acceptors (Lipinski definition) is 6. The van der Waals surface area contributed by atoms with Gasteiger partial charge in [0.25, 0.3) is 0 Å². The summed E-state index contributed by atoms with van der Waals surface area (Å²) in [6.07, 6.45) is 1.71. The van der Waals surface area contributed by atoms with E-state index in [9.17, 15) is 4.79 Å². The highest BCUT2D eigenvalue weighted by atomic mass is 32.2. The van der Waals surface area contributed by atoms with Gasteiger partial charge in [0.05, 0.1) is 28.1 Å². The first kappa shape index (κ1) is 14.8. The molecule has 0 spiro atoms. The number of benzene rings is 1. The molecule has 0 bridgehead atoms. The summed E-state index contributed by atoms with van der Waals surface area (Å²) in [5.41, 5.74) is 0.846. The summed E-state index contributed by atoms with van der Waals surface area (Å²) >= 11 is 2.82. The number of methoxy groups -OCH3 is 1. The molecule has 0 unspecified atom stereocenters. The van der Waals surface area contributed by atoms with E-state index < -0.39 is 0 Å². The van der Waals surface area contributed by atoms with Crippen molar-refractivity contribution in [2.45, 2.75) is 5.03 Å². The van der Waals surface area contributed by atoms with Gasteiger partial charge in [-0.3, -0.25) is 4.79 Å². The average molecular weight is 331 g/mol. The summed E-state index contributed by atoms with van der Waals surface area (Å²) in [5, 5.41) is 4.24. The van der Waals surface area contributed by atoms with Gasteiger partial charge in [-0.05, 0) is 30.3 Å². The van der Waals surface area contributed by atoms with Gasteiger partial charge in [-0.25, -0.2) is 9.97 Å². The Balaban J connectivity index is 1.63. The highest BCUT2D eigenvalue weighted by Gasteiger charge is 2.09. The van der Waals surface area contributed by atoms with Crippen molar-refractivity contribution in [2.24, 2.45) is 0 Å². The number of thiazole rings is 1. The Hall–Kier alpha value is -2.12. The number of nitrogens with zero attached hydrogens (tertiary/aromatic N) is 2. The molecule has 0 saturated carbocycles. The maximum Gasteiger partial charge on any atom is 0.236 e. The monoisotopic (exact) mass is 331 g/mol. The van der Waals surface area contributed by atoms with Crippen LogP contribution in [0.15, 0.2) is 47.6 Å². The zero-order valence-electron chi connectivity index (χ0n) is 11.8. The highest BCUT2D eigenvalue weighted by Crippen LogP contribution is 2.29. The molecule has 2 heterocycles. The minimum atomic E-state index is -0.0957. The number of pyridine rings is 1. The molecule has 0 aliphatic heterocycles. The number of thioether (sulfide) groups is 1. The summed E-state index contributed by atoms with van der Waals surface area (Å²) in [6, 6.07) is 11.3. The number of rotatable bonds is 5. The van der Waals surface area contributed by atoms with Gasteiger partial charge < -0.3 is 10.1 Å². The summed E-state index contributed by atoms with van der Waals surface area (Å²) in [4.78, 5) is 20.5. The Labute approximate surface area is 135 Å². The van der Waals surface area contributed by atoms with E-state index in [4.69, 9.17) is 4.74 Å². The van der Waals surface area contributed by atoms with Gasteiger partial charge in [0.1, 0.15) is 5.75 Å². The lowest BCUT2D eigenvalue weighted by atomic mass is 10.3. The summed E-state index contributed by atoms with van der Waals surface area (Å²) in [5.74, 6) is 0.984. The summed E-state index contributed by atoms with van der Waals surface area (Å²) < 4.78 is 6.16. The lowest BCUT2D eigenvalue weighted by Crippen LogP contribution is -2.13. The Morgan fingerprint density at radius 1 is 1.36 bits per heavy atom. The third-order valence-corrected chi connectivity index (χ3v) is 4.71. The van der Waals surface area contributed by atoms with Crippen LogP contribution in [0.1, 0.15) is 0 Å². The second-order valence-electron chi connectivity index (χ2n) is 4.36. The number of hydrogen-bond donors (Lipinski definition) is 1. The quantitative estimate of drug-likeness (QED) is 0.726. The second-order valence-corrected chi connectivity index (χ2v) is 6.38. The molecule has 3 aromatic rings. The molecule has 0 fully saturated rings. The van der Waals surface area contributed by atoms with Crippen LogP contribution in [-0.4, -0.2) is 28.7 Å². The van der Waals surface area contributed by atoms with E-state index in [0.717, 1.165) is 21.0 Å². The molecule has 112 valence electrons. The van der Waals surface area contributed by atoms with Crippen molar-refractivity contribution in [3.63, 3.8) is 0 Å². The van der Waals surface area contributed by atoms with Crippen molar-refractivity contribution in [3.8, 4) is 5.75 Å².